The van der Waals surface area contributed by atoms with Crippen LogP contribution in [0.4, 0.5) is 10.1 Å². The lowest BCUT2D eigenvalue weighted by molar-refractivity contribution is 0.201. The van der Waals surface area contributed by atoms with Crippen molar-refractivity contribution in [1.82, 2.24) is 4.31 Å². The van der Waals surface area contributed by atoms with Crippen molar-refractivity contribution in [3.8, 4) is 5.75 Å². The van der Waals surface area contributed by atoms with Crippen LogP contribution in [0.3, 0.4) is 0 Å². The maximum Gasteiger partial charge on any atom is 0.262 e. The molecule has 0 amide bonds. The van der Waals surface area contributed by atoms with Gasteiger partial charge in [-0.1, -0.05) is 6.42 Å². The maximum atomic E-state index is 13.5. The van der Waals surface area contributed by atoms with Crippen LogP contribution in [-0.2, 0) is 20.0 Å². The molecule has 0 atom stereocenters. The quantitative estimate of drug-likeness (QED) is 0.627. The van der Waals surface area contributed by atoms with Crippen molar-refractivity contribution in [3.05, 3.63) is 48.3 Å². The zero-order chi connectivity index (χ0) is 21.8. The molecule has 11 heteroatoms. The highest BCUT2D eigenvalue weighted by molar-refractivity contribution is 7.92. The van der Waals surface area contributed by atoms with E-state index in [9.17, 15) is 21.2 Å². The topological polar surface area (TPSA) is 113 Å². The number of hydrogen-bond donors (Lipinski definition) is 2. The van der Waals surface area contributed by atoms with Crippen LogP contribution in [-0.4, -0.2) is 52.6 Å². The molecule has 0 spiro atoms. The van der Waals surface area contributed by atoms with E-state index in [4.69, 9.17) is 9.84 Å². The summed E-state index contributed by atoms with van der Waals surface area (Å²) in [6, 6.07) is 8.20. The first kappa shape index (κ1) is 22.5. The lowest BCUT2D eigenvalue weighted by atomic mass is 10.2. The molecule has 0 radical (unpaired) electrons. The molecule has 164 valence electrons. The van der Waals surface area contributed by atoms with Gasteiger partial charge in [0.25, 0.3) is 10.0 Å². The van der Waals surface area contributed by atoms with Crippen LogP contribution in [0.2, 0.25) is 0 Å². The fourth-order valence-corrected chi connectivity index (χ4v) is 5.69. The minimum Gasteiger partial charge on any atom is -0.489 e. The van der Waals surface area contributed by atoms with Crippen molar-refractivity contribution < 1.29 is 31.1 Å². The molecule has 2 aromatic carbocycles. The summed E-state index contributed by atoms with van der Waals surface area (Å²) < 4.78 is 73.2. The number of sulfonamides is 2. The van der Waals surface area contributed by atoms with Gasteiger partial charge in [0.2, 0.25) is 10.0 Å². The SMILES string of the molecule is O=S(=O)(Nc1ccc(F)cc1OCCO)c1ccc(S(=O)(=O)N2CCCCC2)cc1. The van der Waals surface area contributed by atoms with E-state index in [0.29, 0.717) is 13.1 Å². The number of anilines is 1. The van der Waals surface area contributed by atoms with Gasteiger partial charge in [0.15, 0.2) is 0 Å². The van der Waals surface area contributed by atoms with Crippen molar-refractivity contribution in [1.29, 1.82) is 0 Å². The number of benzene rings is 2. The lowest BCUT2D eigenvalue weighted by Crippen LogP contribution is -2.35. The summed E-state index contributed by atoms with van der Waals surface area (Å²) in [5.74, 6) is -0.699. The number of ether oxygens (including phenoxy) is 1. The van der Waals surface area contributed by atoms with Crippen molar-refractivity contribution >= 4 is 25.7 Å². The van der Waals surface area contributed by atoms with E-state index >= 15 is 0 Å². The second-order valence-corrected chi connectivity index (χ2v) is 10.4. The number of piperidine rings is 1. The van der Waals surface area contributed by atoms with Crippen molar-refractivity contribution in [2.24, 2.45) is 0 Å². The first-order valence-corrected chi connectivity index (χ1v) is 12.3. The molecule has 0 bridgehead atoms. The van der Waals surface area contributed by atoms with Gasteiger partial charge in [0.05, 0.1) is 22.1 Å². The van der Waals surface area contributed by atoms with Gasteiger partial charge in [-0.25, -0.2) is 21.2 Å². The summed E-state index contributed by atoms with van der Waals surface area (Å²) in [5.41, 5.74) is -0.00475. The highest BCUT2D eigenvalue weighted by atomic mass is 32.2. The third kappa shape index (κ3) is 5.09. The van der Waals surface area contributed by atoms with Crippen molar-refractivity contribution in [2.45, 2.75) is 29.1 Å². The highest BCUT2D eigenvalue weighted by Crippen LogP contribution is 2.28. The standard InChI is InChI=1S/C19H23FN2O6S2/c20-15-4-9-18(19(14-15)28-13-12-23)21-29(24,25)16-5-7-17(8-6-16)30(26,27)22-10-2-1-3-11-22/h4-9,14,21,23H,1-3,10-13H2. The smallest absolute Gasteiger partial charge is 0.262 e. The monoisotopic (exact) mass is 458 g/mol. The van der Waals surface area contributed by atoms with Gasteiger partial charge in [0, 0.05) is 19.2 Å². The van der Waals surface area contributed by atoms with Crippen LogP contribution in [0.1, 0.15) is 19.3 Å². The zero-order valence-electron chi connectivity index (χ0n) is 16.1. The van der Waals surface area contributed by atoms with Gasteiger partial charge >= 0.3 is 0 Å². The molecule has 1 aliphatic heterocycles. The molecular weight excluding hydrogens is 435 g/mol. The molecule has 3 rings (SSSR count). The van der Waals surface area contributed by atoms with Crippen LogP contribution in [0, 0.1) is 5.82 Å². The number of nitrogens with one attached hydrogen (secondary N) is 1. The first-order valence-electron chi connectivity index (χ1n) is 9.40. The number of halogens is 1. The predicted octanol–water partition coefficient (Wildman–Crippen LogP) is 2.17. The van der Waals surface area contributed by atoms with E-state index in [-0.39, 0.29) is 34.4 Å². The van der Waals surface area contributed by atoms with Crippen LogP contribution in [0.5, 0.6) is 5.75 Å². The first-order chi connectivity index (χ1) is 14.2. The molecule has 0 aliphatic carbocycles. The molecule has 1 saturated heterocycles. The Balaban J connectivity index is 1.82. The van der Waals surface area contributed by atoms with Gasteiger partial charge in [-0.2, -0.15) is 4.31 Å². The largest absolute Gasteiger partial charge is 0.489 e. The summed E-state index contributed by atoms with van der Waals surface area (Å²) >= 11 is 0. The number of nitrogens with zero attached hydrogens (tertiary/aromatic N) is 1. The average Bonchev–Trinajstić information content (AvgIpc) is 2.74. The lowest BCUT2D eigenvalue weighted by Gasteiger charge is -2.25. The summed E-state index contributed by atoms with van der Waals surface area (Å²) in [7, 11) is -7.76. The van der Waals surface area contributed by atoms with Crippen molar-refractivity contribution in [2.75, 3.05) is 31.0 Å². The number of aliphatic hydroxyl groups excluding tert-OH is 1. The Hall–Kier alpha value is -2.21. The number of rotatable bonds is 8. The minimum absolute atomic E-state index is 0.00475. The summed E-state index contributed by atoms with van der Waals surface area (Å²) in [6.07, 6.45) is 2.59. The van der Waals surface area contributed by atoms with E-state index in [1.807, 2.05) is 0 Å². The predicted molar refractivity (Wildman–Crippen MR) is 109 cm³/mol. The second-order valence-electron chi connectivity index (χ2n) is 6.75. The minimum atomic E-state index is -4.08. The Morgan fingerprint density at radius 2 is 1.60 bits per heavy atom. The van der Waals surface area contributed by atoms with E-state index in [1.165, 1.54) is 34.6 Å². The maximum absolute atomic E-state index is 13.5. The van der Waals surface area contributed by atoms with Gasteiger partial charge in [-0.05, 0) is 49.2 Å². The number of aliphatic hydroxyl groups is 1. The molecule has 1 fully saturated rings. The third-order valence-electron chi connectivity index (χ3n) is 4.62. The molecule has 0 unspecified atom stereocenters. The molecule has 30 heavy (non-hydrogen) atoms. The van der Waals surface area contributed by atoms with Gasteiger partial charge in [0.1, 0.15) is 18.2 Å². The zero-order valence-corrected chi connectivity index (χ0v) is 17.8. The van der Waals surface area contributed by atoms with Crippen LogP contribution in [0.15, 0.2) is 52.3 Å². The third-order valence-corrected chi connectivity index (χ3v) is 7.92. The molecule has 8 nitrogen and oxygen atoms in total. The summed E-state index contributed by atoms with van der Waals surface area (Å²) in [6.45, 7) is 0.438. The molecule has 1 aliphatic rings. The second kappa shape index (κ2) is 9.29. The van der Waals surface area contributed by atoms with E-state index < -0.39 is 25.9 Å². The Labute approximate surface area is 175 Å². The summed E-state index contributed by atoms with van der Waals surface area (Å²) in [5, 5.41) is 8.87. The van der Waals surface area contributed by atoms with Gasteiger partial charge in [-0.15, -0.1) is 0 Å². The van der Waals surface area contributed by atoms with Crippen LogP contribution >= 0.6 is 0 Å². The Morgan fingerprint density at radius 1 is 0.967 bits per heavy atom. The molecular formula is C19H23FN2O6S2. The Kier molecular flexibility index (Phi) is 6.96. The summed E-state index contributed by atoms with van der Waals surface area (Å²) in [4.78, 5) is -0.130. The highest BCUT2D eigenvalue weighted by Gasteiger charge is 2.26. The molecule has 0 aromatic heterocycles. The fraction of sp³-hybridized carbons (Fsp3) is 0.368. The van der Waals surface area contributed by atoms with Crippen LogP contribution in [0.25, 0.3) is 0 Å². The Morgan fingerprint density at radius 3 is 2.23 bits per heavy atom. The van der Waals surface area contributed by atoms with E-state index in [2.05, 4.69) is 4.72 Å². The molecule has 2 aromatic rings. The van der Waals surface area contributed by atoms with Crippen LogP contribution < -0.4 is 9.46 Å². The normalized spacial score (nSPS) is 15.7. The average molecular weight is 459 g/mol. The van der Waals surface area contributed by atoms with Gasteiger partial charge in [-0.3, -0.25) is 4.72 Å². The van der Waals surface area contributed by atoms with Gasteiger partial charge < -0.3 is 9.84 Å². The Bertz CT molecular complexity index is 1080. The molecule has 2 N–H and O–H groups in total. The fourth-order valence-electron chi connectivity index (χ4n) is 3.10. The van der Waals surface area contributed by atoms with E-state index in [0.717, 1.165) is 31.4 Å². The number of hydrogen-bond acceptors (Lipinski definition) is 6. The molecule has 1 heterocycles. The molecule has 0 saturated carbocycles. The van der Waals surface area contributed by atoms with E-state index in [1.54, 1.807) is 0 Å². The van der Waals surface area contributed by atoms with Crippen molar-refractivity contribution in [3.63, 3.8) is 0 Å².